The molecule has 4 aromatic rings. The van der Waals surface area contributed by atoms with Crippen LogP contribution in [0.3, 0.4) is 0 Å². The zero-order valence-corrected chi connectivity index (χ0v) is 22.7. The molecule has 0 unspecified atom stereocenters. The van der Waals surface area contributed by atoms with Gasteiger partial charge in [-0.05, 0) is 62.6 Å². The van der Waals surface area contributed by atoms with Crippen LogP contribution in [0.15, 0.2) is 67.0 Å². The molecule has 1 aliphatic rings. The average Bonchev–Trinajstić information content (AvgIpc) is 3.33. The van der Waals surface area contributed by atoms with Gasteiger partial charge in [-0.3, -0.25) is 9.67 Å². The van der Waals surface area contributed by atoms with Gasteiger partial charge in [-0.25, -0.2) is 4.79 Å². The van der Waals surface area contributed by atoms with Gasteiger partial charge in [0.15, 0.2) is 0 Å². The van der Waals surface area contributed by atoms with E-state index in [1.165, 1.54) is 16.8 Å². The number of ether oxygens (including phenoxy) is 1. The topological polar surface area (TPSA) is 72.3 Å². The van der Waals surface area contributed by atoms with E-state index < -0.39 is 23.4 Å². The van der Waals surface area contributed by atoms with Crippen LogP contribution in [-0.4, -0.2) is 37.9 Å². The Balaban J connectivity index is 1.54. The third-order valence-electron chi connectivity index (χ3n) is 6.55. The van der Waals surface area contributed by atoms with Gasteiger partial charge < -0.3 is 15.0 Å². The molecule has 1 N–H and O–H groups in total. The third-order valence-corrected chi connectivity index (χ3v) is 6.55. The largest absolute Gasteiger partial charge is 0.444 e. The molecule has 0 fully saturated rings. The number of nitrogens with one attached hydrogen (secondary N) is 1. The second-order valence-electron chi connectivity index (χ2n) is 10.7. The molecule has 1 aliphatic heterocycles. The highest BCUT2D eigenvalue weighted by atomic mass is 19.4. The number of rotatable bonds is 4. The molecule has 0 aliphatic carbocycles. The molecule has 0 atom stereocenters. The molecule has 208 valence electrons. The van der Waals surface area contributed by atoms with Crippen molar-refractivity contribution < 1.29 is 22.7 Å². The number of benzene rings is 2. The monoisotopic (exact) mass is 549 g/mol. The number of aromatic nitrogens is 3. The molecule has 40 heavy (non-hydrogen) atoms. The number of carbonyl (C=O) groups is 1. The highest BCUT2D eigenvalue weighted by Gasteiger charge is 2.34. The van der Waals surface area contributed by atoms with Gasteiger partial charge in [0.05, 0.1) is 35.4 Å². The Kier molecular flexibility index (Phi) is 7.03. The Morgan fingerprint density at radius 3 is 2.45 bits per heavy atom. The van der Waals surface area contributed by atoms with Crippen molar-refractivity contribution in [1.29, 1.82) is 0 Å². The zero-order chi connectivity index (χ0) is 28.7. The van der Waals surface area contributed by atoms with Gasteiger partial charge in [0.1, 0.15) is 5.60 Å². The fraction of sp³-hybridized carbons (Fsp3) is 0.300. The van der Waals surface area contributed by atoms with E-state index in [0.29, 0.717) is 30.9 Å². The van der Waals surface area contributed by atoms with Crippen LogP contribution in [0.2, 0.25) is 0 Å². The Morgan fingerprint density at radius 1 is 1.05 bits per heavy atom. The van der Waals surface area contributed by atoms with Crippen LogP contribution in [0.5, 0.6) is 0 Å². The fourth-order valence-electron chi connectivity index (χ4n) is 4.81. The van der Waals surface area contributed by atoms with E-state index in [0.717, 1.165) is 28.5 Å². The number of aryl methyl sites for hydroxylation is 1. The van der Waals surface area contributed by atoms with E-state index in [2.05, 4.69) is 15.4 Å². The predicted molar refractivity (Wildman–Crippen MR) is 147 cm³/mol. The van der Waals surface area contributed by atoms with Crippen LogP contribution >= 0.6 is 0 Å². The molecule has 10 heteroatoms. The van der Waals surface area contributed by atoms with E-state index in [1.54, 1.807) is 30.4 Å². The third kappa shape index (κ3) is 5.80. The summed E-state index contributed by atoms with van der Waals surface area (Å²) in [5.41, 5.74) is 3.54. The second kappa shape index (κ2) is 10.3. The summed E-state index contributed by atoms with van der Waals surface area (Å²) < 4.78 is 48.6. The molecule has 0 saturated heterocycles. The van der Waals surface area contributed by atoms with Crippen molar-refractivity contribution in [3.05, 3.63) is 83.8 Å². The van der Waals surface area contributed by atoms with Gasteiger partial charge in [-0.1, -0.05) is 30.3 Å². The first kappa shape index (κ1) is 27.2. The number of fused-ring (bicyclic) bond motifs is 1. The van der Waals surface area contributed by atoms with Crippen LogP contribution in [0.1, 0.15) is 37.6 Å². The first-order chi connectivity index (χ1) is 18.9. The number of hydrogen-bond acceptors (Lipinski definition) is 5. The quantitative estimate of drug-likeness (QED) is 0.291. The lowest BCUT2D eigenvalue weighted by atomic mass is 9.92. The molecule has 2 aromatic carbocycles. The van der Waals surface area contributed by atoms with Crippen molar-refractivity contribution in [3.8, 4) is 22.4 Å². The standard InChI is InChI=1S/C30H30F3N5O2/c1-29(2,3)40-28(39)38-15-12-21-26(18-38)34-17-25(27(21)19-8-6-5-7-9-19)35-20-10-11-23(30(31,32)33)22(16-20)24-13-14-37(4)36-24/h5-11,13-14,16-17,35H,12,15,18H2,1-4H3. The summed E-state index contributed by atoms with van der Waals surface area (Å²) in [6.45, 7) is 6.23. The number of halogens is 3. The van der Waals surface area contributed by atoms with Crippen LogP contribution in [0, 0.1) is 0 Å². The molecule has 3 heterocycles. The van der Waals surface area contributed by atoms with Crippen molar-refractivity contribution in [1.82, 2.24) is 19.7 Å². The predicted octanol–water partition coefficient (Wildman–Crippen LogP) is 7.20. The summed E-state index contributed by atoms with van der Waals surface area (Å²) in [4.78, 5) is 19.0. The minimum Gasteiger partial charge on any atom is -0.444 e. The Hall–Kier alpha value is -4.34. The first-order valence-corrected chi connectivity index (χ1v) is 12.9. The number of amides is 1. The smallest absolute Gasteiger partial charge is 0.417 e. The van der Waals surface area contributed by atoms with Gasteiger partial charge in [-0.15, -0.1) is 0 Å². The molecule has 0 bridgehead atoms. The minimum absolute atomic E-state index is 0.0155. The maximum absolute atomic E-state index is 13.9. The van der Waals surface area contributed by atoms with Crippen LogP contribution in [0.25, 0.3) is 22.4 Å². The molecule has 2 aromatic heterocycles. The van der Waals surface area contributed by atoms with Crippen molar-refractivity contribution in [2.75, 3.05) is 11.9 Å². The van der Waals surface area contributed by atoms with Gasteiger partial charge in [-0.2, -0.15) is 18.3 Å². The number of alkyl halides is 3. The Morgan fingerprint density at radius 2 is 1.80 bits per heavy atom. The fourth-order valence-corrected chi connectivity index (χ4v) is 4.81. The summed E-state index contributed by atoms with van der Waals surface area (Å²) in [5.74, 6) is 0. The lowest BCUT2D eigenvalue weighted by Gasteiger charge is -2.32. The maximum atomic E-state index is 13.9. The SMILES string of the molecule is Cn1ccc(-c2cc(Nc3cnc4c(c3-c3ccccc3)CCN(C(=O)OC(C)(C)C)C4)ccc2C(F)(F)F)n1. The minimum atomic E-state index is -4.53. The zero-order valence-electron chi connectivity index (χ0n) is 22.7. The summed E-state index contributed by atoms with van der Waals surface area (Å²) >= 11 is 0. The number of pyridine rings is 1. The van der Waals surface area contributed by atoms with E-state index in [-0.39, 0.29) is 11.3 Å². The van der Waals surface area contributed by atoms with Crippen molar-refractivity contribution in [3.63, 3.8) is 0 Å². The lowest BCUT2D eigenvalue weighted by molar-refractivity contribution is -0.137. The molecular weight excluding hydrogens is 519 g/mol. The van der Waals surface area contributed by atoms with E-state index in [9.17, 15) is 18.0 Å². The number of carbonyl (C=O) groups excluding carboxylic acids is 1. The van der Waals surface area contributed by atoms with Gasteiger partial charge in [0, 0.05) is 36.6 Å². The maximum Gasteiger partial charge on any atom is 0.417 e. The number of hydrogen-bond donors (Lipinski definition) is 1. The molecule has 0 radical (unpaired) electrons. The van der Waals surface area contributed by atoms with Crippen LogP contribution in [-0.2, 0) is 30.9 Å². The van der Waals surface area contributed by atoms with Gasteiger partial charge in [0.25, 0.3) is 0 Å². The molecule has 7 nitrogen and oxygen atoms in total. The summed E-state index contributed by atoms with van der Waals surface area (Å²) in [6.07, 6.45) is -1.11. The molecule has 1 amide bonds. The van der Waals surface area contributed by atoms with Gasteiger partial charge in [0.2, 0.25) is 0 Å². The Labute approximate surface area is 230 Å². The normalized spacial score (nSPS) is 13.6. The highest BCUT2D eigenvalue weighted by molar-refractivity contribution is 5.85. The average molecular weight is 550 g/mol. The van der Waals surface area contributed by atoms with E-state index >= 15 is 0 Å². The van der Waals surface area contributed by atoms with Crippen LogP contribution < -0.4 is 5.32 Å². The highest BCUT2D eigenvalue weighted by Crippen LogP contribution is 2.40. The van der Waals surface area contributed by atoms with Crippen molar-refractivity contribution >= 4 is 17.5 Å². The lowest BCUT2D eigenvalue weighted by Crippen LogP contribution is -2.40. The van der Waals surface area contributed by atoms with Crippen molar-refractivity contribution in [2.24, 2.45) is 7.05 Å². The molecule has 5 rings (SSSR count). The second-order valence-corrected chi connectivity index (χ2v) is 10.7. The summed E-state index contributed by atoms with van der Waals surface area (Å²) in [5, 5.41) is 7.52. The van der Waals surface area contributed by atoms with E-state index in [4.69, 9.17) is 4.74 Å². The summed E-state index contributed by atoms with van der Waals surface area (Å²) in [7, 11) is 1.66. The molecule has 0 spiro atoms. The number of nitrogens with zero attached hydrogens (tertiary/aromatic N) is 4. The molecular formula is C30H30F3N5O2. The molecule has 0 saturated carbocycles. The van der Waals surface area contributed by atoms with Gasteiger partial charge >= 0.3 is 12.3 Å². The Bertz CT molecular complexity index is 1540. The van der Waals surface area contributed by atoms with Crippen molar-refractivity contribution in [2.45, 2.75) is 45.5 Å². The summed E-state index contributed by atoms with van der Waals surface area (Å²) in [6, 6.07) is 15.2. The number of anilines is 2. The van der Waals surface area contributed by atoms with E-state index in [1.807, 2.05) is 51.1 Å². The first-order valence-electron chi connectivity index (χ1n) is 12.9. The van der Waals surface area contributed by atoms with Crippen LogP contribution in [0.4, 0.5) is 29.3 Å².